The van der Waals surface area contributed by atoms with Gasteiger partial charge in [-0.1, -0.05) is 19.9 Å². The molecule has 5 heterocycles. The van der Waals surface area contributed by atoms with E-state index >= 15 is 0 Å². The number of H-pyrrole nitrogens is 2. The number of aromatic nitrogens is 6. The zero-order chi connectivity index (χ0) is 25.5. The molecule has 184 valence electrons. The molecule has 0 aliphatic carbocycles. The molecule has 0 unspecified atom stereocenters. The van der Waals surface area contributed by atoms with Crippen LogP contribution in [0.3, 0.4) is 0 Å². The van der Waals surface area contributed by atoms with Gasteiger partial charge in [0.25, 0.3) is 0 Å². The van der Waals surface area contributed by atoms with Crippen LogP contribution in [0.15, 0.2) is 61.2 Å². The summed E-state index contributed by atoms with van der Waals surface area (Å²) in [5.41, 5.74) is 6.16. The molecular weight excluding hydrogens is 489 g/mol. The molecule has 0 atom stereocenters. The Morgan fingerprint density at radius 3 is 2.70 bits per heavy atom. The lowest BCUT2D eigenvalue weighted by molar-refractivity contribution is -0.116. The summed E-state index contributed by atoms with van der Waals surface area (Å²) in [5, 5.41) is 11.1. The Kier molecular flexibility index (Phi) is 5.72. The molecule has 1 amide bonds. The van der Waals surface area contributed by atoms with E-state index in [0.29, 0.717) is 29.1 Å². The third kappa shape index (κ3) is 4.47. The number of aromatic amines is 2. The van der Waals surface area contributed by atoms with Gasteiger partial charge < -0.3 is 10.3 Å². The van der Waals surface area contributed by atoms with E-state index in [1.807, 2.05) is 38.1 Å². The number of thiophene rings is 1. The number of hydrogen-bond donors (Lipinski definition) is 3. The number of hydrogen-bond acceptors (Lipinski definition) is 6. The van der Waals surface area contributed by atoms with Gasteiger partial charge in [0.15, 0.2) is 11.0 Å². The fourth-order valence-corrected chi connectivity index (χ4v) is 5.05. The Labute approximate surface area is 215 Å². The molecule has 0 aliphatic rings. The molecule has 37 heavy (non-hydrogen) atoms. The summed E-state index contributed by atoms with van der Waals surface area (Å²) in [6, 6.07) is 11.0. The summed E-state index contributed by atoms with van der Waals surface area (Å²) < 4.78 is 13.7. The lowest BCUT2D eigenvalue weighted by Gasteiger charge is -2.09. The largest absolute Gasteiger partial charge is 0.335 e. The lowest BCUT2D eigenvalue weighted by Crippen LogP contribution is -2.13. The minimum Gasteiger partial charge on any atom is -0.335 e. The normalized spacial score (nSPS) is 11.6. The second kappa shape index (κ2) is 9.21. The average molecular weight is 512 g/mol. The number of carbonyl (C=O) groups excluding carboxylic acids is 1. The number of imidazole rings is 1. The number of fused-ring (bicyclic) bond motifs is 2. The number of rotatable bonds is 6. The molecule has 0 saturated carbocycles. The van der Waals surface area contributed by atoms with Gasteiger partial charge in [0.05, 0.1) is 29.1 Å². The topological polar surface area (TPSA) is 112 Å². The third-order valence-corrected chi connectivity index (χ3v) is 6.88. The van der Waals surface area contributed by atoms with Gasteiger partial charge in [0.1, 0.15) is 11.2 Å². The van der Waals surface area contributed by atoms with Crippen molar-refractivity contribution in [3.05, 3.63) is 66.3 Å². The second-order valence-corrected chi connectivity index (χ2v) is 10.2. The van der Waals surface area contributed by atoms with E-state index in [0.717, 1.165) is 49.3 Å². The Balaban J connectivity index is 1.38. The quantitative estimate of drug-likeness (QED) is 0.239. The van der Waals surface area contributed by atoms with Crippen LogP contribution in [0, 0.1) is 11.0 Å². The molecule has 10 heteroatoms. The van der Waals surface area contributed by atoms with Crippen LogP contribution < -0.4 is 5.32 Å². The molecule has 3 N–H and O–H groups in total. The van der Waals surface area contributed by atoms with Gasteiger partial charge >= 0.3 is 0 Å². The Morgan fingerprint density at radius 2 is 1.89 bits per heavy atom. The van der Waals surface area contributed by atoms with Crippen molar-refractivity contribution in [1.29, 1.82) is 0 Å². The summed E-state index contributed by atoms with van der Waals surface area (Å²) in [6.45, 7) is 4.01. The van der Waals surface area contributed by atoms with Crippen LogP contribution in [0.2, 0.25) is 0 Å². The van der Waals surface area contributed by atoms with Gasteiger partial charge in [-0.2, -0.15) is 9.49 Å². The van der Waals surface area contributed by atoms with Gasteiger partial charge in [-0.25, -0.2) is 4.98 Å². The SMILES string of the molecule is CC(C)CC(=O)Nc1cncc(-c2ccc3[nH]nc(-c4nc5c(-c6ccc(F)s6)cncc5[nH]4)c3c2)c1. The Hall–Kier alpha value is -4.44. The summed E-state index contributed by atoms with van der Waals surface area (Å²) >= 11 is 1.06. The number of anilines is 1. The third-order valence-electron chi connectivity index (χ3n) is 5.97. The first-order valence-electron chi connectivity index (χ1n) is 11.8. The first-order chi connectivity index (χ1) is 17.9. The number of benzene rings is 1. The van der Waals surface area contributed by atoms with Crippen LogP contribution in [-0.4, -0.2) is 36.0 Å². The van der Waals surface area contributed by atoms with Crippen molar-refractivity contribution in [3.8, 4) is 33.1 Å². The van der Waals surface area contributed by atoms with Crippen molar-refractivity contribution in [2.75, 3.05) is 5.32 Å². The minimum atomic E-state index is -0.258. The summed E-state index contributed by atoms with van der Waals surface area (Å²) in [6.07, 6.45) is 7.25. The summed E-state index contributed by atoms with van der Waals surface area (Å²) in [7, 11) is 0. The van der Waals surface area contributed by atoms with Crippen molar-refractivity contribution in [2.24, 2.45) is 5.92 Å². The standard InChI is InChI=1S/C27H22FN7OS/c1-14(2)7-24(36)31-17-8-16(10-29-11-17)15-3-4-20-18(9-15)26(35-34-20)27-32-21-13-30-12-19(25(21)33-27)22-5-6-23(28)37-22/h3-6,8-14H,7H2,1-2H3,(H,31,36)(H,32,33)(H,34,35). The summed E-state index contributed by atoms with van der Waals surface area (Å²) in [4.78, 5) is 29.7. The highest BCUT2D eigenvalue weighted by Gasteiger charge is 2.17. The van der Waals surface area contributed by atoms with Gasteiger partial charge in [0, 0.05) is 40.2 Å². The number of nitrogens with one attached hydrogen (secondary N) is 3. The molecule has 0 aliphatic heterocycles. The fourth-order valence-electron chi connectivity index (χ4n) is 4.31. The van der Waals surface area contributed by atoms with Crippen molar-refractivity contribution in [3.63, 3.8) is 0 Å². The highest BCUT2D eigenvalue weighted by atomic mass is 32.1. The van der Waals surface area contributed by atoms with Crippen LogP contribution in [0.1, 0.15) is 20.3 Å². The highest BCUT2D eigenvalue weighted by Crippen LogP contribution is 2.35. The van der Waals surface area contributed by atoms with Gasteiger partial charge in [-0.15, -0.1) is 11.3 Å². The fraction of sp³-hybridized carbons (Fsp3) is 0.148. The number of amides is 1. The molecule has 0 bridgehead atoms. The Bertz CT molecular complexity index is 1770. The van der Waals surface area contributed by atoms with Crippen molar-refractivity contribution in [1.82, 2.24) is 30.1 Å². The monoisotopic (exact) mass is 511 g/mol. The first-order valence-corrected chi connectivity index (χ1v) is 12.6. The van der Waals surface area contributed by atoms with Crippen LogP contribution in [-0.2, 0) is 4.79 Å². The molecule has 6 aromatic rings. The van der Waals surface area contributed by atoms with Crippen LogP contribution >= 0.6 is 11.3 Å². The maximum atomic E-state index is 13.7. The number of nitrogens with zero attached hydrogens (tertiary/aromatic N) is 4. The van der Waals surface area contributed by atoms with E-state index in [4.69, 9.17) is 4.98 Å². The predicted molar refractivity (Wildman–Crippen MR) is 144 cm³/mol. The molecular formula is C27H22FN7OS. The van der Waals surface area contributed by atoms with Gasteiger partial charge in [-0.3, -0.25) is 19.9 Å². The summed E-state index contributed by atoms with van der Waals surface area (Å²) in [5.74, 6) is 0.817. The molecule has 8 nitrogen and oxygen atoms in total. The molecule has 6 rings (SSSR count). The van der Waals surface area contributed by atoms with Crippen molar-refractivity contribution in [2.45, 2.75) is 20.3 Å². The number of carbonyl (C=O) groups is 1. The van der Waals surface area contributed by atoms with E-state index < -0.39 is 0 Å². The Morgan fingerprint density at radius 1 is 1.03 bits per heavy atom. The highest BCUT2D eigenvalue weighted by molar-refractivity contribution is 7.14. The zero-order valence-corrected chi connectivity index (χ0v) is 20.9. The molecule has 1 aromatic carbocycles. The minimum absolute atomic E-state index is 0.0365. The van der Waals surface area contributed by atoms with Gasteiger partial charge in [0.2, 0.25) is 5.91 Å². The van der Waals surface area contributed by atoms with E-state index in [9.17, 15) is 9.18 Å². The molecule has 0 radical (unpaired) electrons. The van der Waals surface area contributed by atoms with Crippen LogP contribution in [0.4, 0.5) is 10.1 Å². The first kappa shape index (κ1) is 23.0. The second-order valence-electron chi connectivity index (χ2n) is 9.21. The lowest BCUT2D eigenvalue weighted by atomic mass is 10.0. The maximum absolute atomic E-state index is 13.7. The van der Waals surface area contributed by atoms with E-state index in [2.05, 4.69) is 30.5 Å². The smallest absolute Gasteiger partial charge is 0.224 e. The molecule has 0 saturated heterocycles. The predicted octanol–water partition coefficient (Wildman–Crippen LogP) is 6.42. The van der Waals surface area contributed by atoms with E-state index in [1.54, 1.807) is 30.9 Å². The zero-order valence-electron chi connectivity index (χ0n) is 20.0. The molecule has 0 fully saturated rings. The van der Waals surface area contributed by atoms with Crippen LogP contribution in [0.25, 0.3) is 55.0 Å². The molecule has 0 spiro atoms. The van der Waals surface area contributed by atoms with Crippen molar-refractivity contribution >= 4 is 44.9 Å². The van der Waals surface area contributed by atoms with Crippen molar-refractivity contribution < 1.29 is 9.18 Å². The number of halogens is 1. The number of pyridine rings is 2. The average Bonchev–Trinajstić information content (AvgIpc) is 3.60. The molecule has 5 aromatic heterocycles. The van der Waals surface area contributed by atoms with Gasteiger partial charge in [-0.05, 0) is 41.8 Å². The maximum Gasteiger partial charge on any atom is 0.224 e. The van der Waals surface area contributed by atoms with E-state index in [-0.39, 0.29) is 17.0 Å². The van der Waals surface area contributed by atoms with Crippen LogP contribution in [0.5, 0.6) is 0 Å². The van der Waals surface area contributed by atoms with E-state index in [1.165, 1.54) is 6.07 Å².